The van der Waals surface area contributed by atoms with E-state index >= 15 is 0 Å². The molecule has 0 bridgehead atoms. The van der Waals surface area contributed by atoms with Crippen molar-refractivity contribution in [3.63, 3.8) is 0 Å². The molecule has 7 heteroatoms. The van der Waals surface area contributed by atoms with Crippen LogP contribution in [0.2, 0.25) is 0 Å². The number of ether oxygens (including phenoxy) is 1. The first-order chi connectivity index (χ1) is 13.4. The summed E-state index contributed by atoms with van der Waals surface area (Å²) in [5.74, 6) is -0.586. The zero-order valence-corrected chi connectivity index (χ0v) is 16.0. The standard InChI is InChI=1S/C21H21N3O4/c1-5-10-23-20(26)18(19(25)22-21(23)27)12-15-11-13(2)24(14(15)3)16-6-8-17(28-4)9-7-16/h5-9,11-12H,1,10H2,2-4H3,(H,22,25,27)/b18-12-. The van der Waals surface area contributed by atoms with Gasteiger partial charge in [-0.05, 0) is 55.8 Å². The van der Waals surface area contributed by atoms with Crippen LogP contribution < -0.4 is 10.1 Å². The second kappa shape index (κ2) is 7.56. The zero-order chi connectivity index (χ0) is 20.4. The third-order valence-corrected chi connectivity index (χ3v) is 4.60. The van der Waals surface area contributed by atoms with E-state index in [0.29, 0.717) is 0 Å². The van der Waals surface area contributed by atoms with Crippen LogP contribution in [-0.4, -0.2) is 41.0 Å². The van der Waals surface area contributed by atoms with Gasteiger partial charge in [-0.15, -0.1) is 6.58 Å². The van der Waals surface area contributed by atoms with Crippen LogP contribution >= 0.6 is 0 Å². The summed E-state index contributed by atoms with van der Waals surface area (Å²) in [6.07, 6.45) is 2.95. The van der Waals surface area contributed by atoms with Gasteiger partial charge in [0, 0.05) is 23.6 Å². The number of carbonyl (C=O) groups is 3. The molecular formula is C21H21N3O4. The number of barbiturate groups is 1. The third kappa shape index (κ3) is 3.34. The van der Waals surface area contributed by atoms with Crippen LogP contribution in [0.1, 0.15) is 17.0 Å². The van der Waals surface area contributed by atoms with E-state index in [1.165, 1.54) is 12.2 Å². The molecule has 0 unspecified atom stereocenters. The van der Waals surface area contributed by atoms with Crippen molar-refractivity contribution in [1.82, 2.24) is 14.8 Å². The van der Waals surface area contributed by atoms with Gasteiger partial charge < -0.3 is 9.30 Å². The molecule has 1 aliphatic heterocycles. The van der Waals surface area contributed by atoms with Crippen LogP contribution in [0.25, 0.3) is 11.8 Å². The number of carbonyl (C=O) groups excluding carboxylic acids is 3. The quantitative estimate of drug-likeness (QED) is 0.492. The normalized spacial score (nSPS) is 15.8. The maximum atomic E-state index is 12.6. The highest BCUT2D eigenvalue weighted by Crippen LogP contribution is 2.25. The molecule has 1 fully saturated rings. The number of urea groups is 1. The molecule has 1 aromatic carbocycles. The lowest BCUT2D eigenvalue weighted by atomic mass is 10.1. The van der Waals surface area contributed by atoms with E-state index in [2.05, 4.69) is 11.9 Å². The Hall–Kier alpha value is -3.61. The summed E-state index contributed by atoms with van der Waals surface area (Å²) in [6, 6.07) is 8.74. The van der Waals surface area contributed by atoms with Gasteiger partial charge in [-0.3, -0.25) is 19.8 Å². The minimum Gasteiger partial charge on any atom is -0.497 e. The highest BCUT2D eigenvalue weighted by Gasteiger charge is 2.35. The van der Waals surface area contributed by atoms with E-state index < -0.39 is 17.8 Å². The number of nitrogens with one attached hydrogen (secondary N) is 1. The molecule has 0 aliphatic carbocycles. The van der Waals surface area contributed by atoms with Crippen LogP contribution in [0.5, 0.6) is 5.75 Å². The first kappa shape index (κ1) is 19.2. The van der Waals surface area contributed by atoms with Crippen LogP contribution in [-0.2, 0) is 9.59 Å². The minimum atomic E-state index is -0.740. The molecule has 7 nitrogen and oxygen atoms in total. The highest BCUT2D eigenvalue weighted by molar-refractivity contribution is 6.31. The Balaban J connectivity index is 2.02. The number of benzene rings is 1. The fourth-order valence-corrected chi connectivity index (χ4v) is 3.21. The maximum absolute atomic E-state index is 12.6. The Morgan fingerprint density at radius 3 is 2.43 bits per heavy atom. The summed E-state index contributed by atoms with van der Waals surface area (Å²) in [7, 11) is 1.61. The highest BCUT2D eigenvalue weighted by atomic mass is 16.5. The average molecular weight is 379 g/mol. The molecule has 0 spiro atoms. The number of hydrogen-bond acceptors (Lipinski definition) is 4. The van der Waals surface area contributed by atoms with Crippen LogP contribution in [0.4, 0.5) is 4.79 Å². The molecule has 1 aromatic heterocycles. The Morgan fingerprint density at radius 1 is 1.14 bits per heavy atom. The SMILES string of the molecule is C=CCN1C(=O)NC(=O)/C(=C/c2cc(C)n(-c3ccc(OC)cc3)c2C)C1=O. The minimum absolute atomic E-state index is 0.0279. The smallest absolute Gasteiger partial charge is 0.331 e. The summed E-state index contributed by atoms with van der Waals surface area (Å²) in [4.78, 5) is 37.6. The predicted molar refractivity (Wildman–Crippen MR) is 105 cm³/mol. The lowest BCUT2D eigenvalue weighted by molar-refractivity contribution is -0.129. The van der Waals surface area contributed by atoms with Crippen LogP contribution in [0, 0.1) is 13.8 Å². The lowest BCUT2D eigenvalue weighted by Crippen LogP contribution is -2.54. The van der Waals surface area contributed by atoms with Gasteiger partial charge in [0.25, 0.3) is 11.8 Å². The number of methoxy groups -OCH3 is 1. The Bertz CT molecular complexity index is 999. The largest absolute Gasteiger partial charge is 0.497 e. The van der Waals surface area contributed by atoms with Gasteiger partial charge in [-0.2, -0.15) is 0 Å². The van der Waals surface area contributed by atoms with Crippen LogP contribution in [0.15, 0.2) is 48.6 Å². The van der Waals surface area contributed by atoms with E-state index in [0.717, 1.165) is 33.3 Å². The Kier molecular flexibility index (Phi) is 5.17. The number of hydrogen-bond donors (Lipinski definition) is 1. The Labute approximate surface area is 162 Å². The molecule has 0 atom stereocenters. The number of aromatic nitrogens is 1. The van der Waals surface area contributed by atoms with Crippen molar-refractivity contribution in [2.24, 2.45) is 0 Å². The second-order valence-corrected chi connectivity index (χ2v) is 6.38. The average Bonchev–Trinajstić information content (AvgIpc) is 2.95. The first-order valence-electron chi connectivity index (χ1n) is 8.70. The van der Waals surface area contributed by atoms with Gasteiger partial charge in [-0.25, -0.2) is 4.79 Å². The first-order valence-corrected chi connectivity index (χ1v) is 8.70. The molecule has 2 heterocycles. The van der Waals surface area contributed by atoms with Crippen LogP contribution in [0.3, 0.4) is 0 Å². The fraction of sp³-hybridized carbons (Fsp3) is 0.190. The molecule has 2 aromatic rings. The molecular weight excluding hydrogens is 358 g/mol. The topological polar surface area (TPSA) is 80.6 Å². The predicted octanol–water partition coefficient (Wildman–Crippen LogP) is 2.75. The molecule has 1 aliphatic rings. The molecule has 4 amide bonds. The third-order valence-electron chi connectivity index (χ3n) is 4.60. The maximum Gasteiger partial charge on any atom is 0.331 e. The number of nitrogens with zero attached hydrogens (tertiary/aromatic N) is 2. The van der Waals surface area contributed by atoms with Gasteiger partial charge in [0.05, 0.1) is 7.11 Å². The molecule has 0 saturated carbocycles. The van der Waals surface area contributed by atoms with E-state index in [4.69, 9.17) is 4.74 Å². The monoisotopic (exact) mass is 379 g/mol. The van der Waals surface area contributed by atoms with Gasteiger partial charge in [0.1, 0.15) is 11.3 Å². The van der Waals surface area contributed by atoms with Crippen molar-refractivity contribution in [3.8, 4) is 11.4 Å². The van der Waals surface area contributed by atoms with E-state index in [-0.39, 0.29) is 12.1 Å². The number of amides is 4. The van der Waals surface area contributed by atoms with Crippen molar-refractivity contribution in [2.75, 3.05) is 13.7 Å². The number of aryl methyl sites for hydroxylation is 1. The van der Waals surface area contributed by atoms with Gasteiger partial charge in [0.2, 0.25) is 0 Å². The van der Waals surface area contributed by atoms with Crippen molar-refractivity contribution in [1.29, 1.82) is 0 Å². The van der Waals surface area contributed by atoms with Crippen molar-refractivity contribution in [3.05, 3.63) is 65.5 Å². The molecule has 1 N–H and O–H groups in total. The summed E-state index contributed by atoms with van der Waals surface area (Å²) >= 11 is 0. The van der Waals surface area contributed by atoms with Crippen molar-refractivity contribution >= 4 is 23.9 Å². The van der Waals surface area contributed by atoms with E-state index in [9.17, 15) is 14.4 Å². The number of imide groups is 2. The summed E-state index contributed by atoms with van der Waals surface area (Å²) < 4.78 is 7.21. The van der Waals surface area contributed by atoms with Gasteiger partial charge in [-0.1, -0.05) is 6.08 Å². The second-order valence-electron chi connectivity index (χ2n) is 6.38. The van der Waals surface area contributed by atoms with E-state index in [1.807, 2.05) is 48.7 Å². The molecule has 0 radical (unpaired) electrons. The summed E-state index contributed by atoms with van der Waals surface area (Å²) in [5.41, 5.74) is 3.37. The number of rotatable bonds is 5. The molecule has 3 rings (SSSR count). The molecule has 144 valence electrons. The van der Waals surface area contributed by atoms with Crippen molar-refractivity contribution < 1.29 is 19.1 Å². The molecule has 28 heavy (non-hydrogen) atoms. The summed E-state index contributed by atoms with van der Waals surface area (Å²) in [6.45, 7) is 7.41. The van der Waals surface area contributed by atoms with E-state index in [1.54, 1.807) is 7.11 Å². The lowest BCUT2D eigenvalue weighted by Gasteiger charge is -2.25. The fourth-order valence-electron chi connectivity index (χ4n) is 3.21. The van der Waals surface area contributed by atoms with Gasteiger partial charge >= 0.3 is 6.03 Å². The molecule has 1 saturated heterocycles. The Morgan fingerprint density at radius 2 is 1.82 bits per heavy atom. The zero-order valence-electron chi connectivity index (χ0n) is 16.0. The summed E-state index contributed by atoms with van der Waals surface area (Å²) in [5, 5.41) is 2.19. The van der Waals surface area contributed by atoms with Crippen molar-refractivity contribution in [2.45, 2.75) is 13.8 Å². The van der Waals surface area contributed by atoms with Gasteiger partial charge in [0.15, 0.2) is 0 Å².